The number of nitrogens with zero attached hydrogens (tertiary/aromatic N) is 1. The number of aromatic nitrogens is 1. The molecule has 0 unspecified atom stereocenters. The number of hydrogen-bond donors (Lipinski definition) is 0. The third kappa shape index (κ3) is 2.45. The van der Waals surface area contributed by atoms with Crippen LogP contribution in [0.15, 0.2) is 30.5 Å². The molecule has 0 atom stereocenters. The van der Waals surface area contributed by atoms with Gasteiger partial charge in [0.25, 0.3) is 0 Å². The Kier molecular flexibility index (Phi) is 4.04. The minimum atomic E-state index is 0.900. The van der Waals surface area contributed by atoms with Crippen molar-refractivity contribution in [3.8, 4) is 0 Å². The van der Waals surface area contributed by atoms with Crippen LogP contribution < -0.4 is 0 Å². The zero-order valence-corrected chi connectivity index (χ0v) is 10.6. The highest BCUT2D eigenvalue weighted by molar-refractivity contribution is 7.71. The van der Waals surface area contributed by atoms with E-state index in [0.29, 0.717) is 0 Å². The Morgan fingerprint density at radius 1 is 1.13 bits per heavy atom. The van der Waals surface area contributed by atoms with E-state index in [4.69, 9.17) is 12.2 Å². The van der Waals surface area contributed by atoms with E-state index in [-0.39, 0.29) is 0 Å². The highest BCUT2D eigenvalue weighted by Gasteiger charge is 1.96. The summed E-state index contributed by atoms with van der Waals surface area (Å²) in [6, 6.07) is 8.44. The summed E-state index contributed by atoms with van der Waals surface area (Å²) in [6.45, 7) is 6.09. The summed E-state index contributed by atoms with van der Waals surface area (Å²) in [5, 5.41) is 2.38. The molecule has 0 aliphatic carbocycles. The maximum atomic E-state index is 5.30. The third-order valence-electron chi connectivity index (χ3n) is 2.24. The maximum absolute atomic E-state index is 5.30. The molecule has 1 aromatic carbocycles. The van der Waals surface area contributed by atoms with Gasteiger partial charge in [0.05, 0.1) is 0 Å². The lowest BCUT2D eigenvalue weighted by Gasteiger charge is -2.03. The second kappa shape index (κ2) is 5.08. The minimum absolute atomic E-state index is 0.900. The van der Waals surface area contributed by atoms with Crippen LogP contribution in [-0.2, 0) is 7.05 Å². The van der Waals surface area contributed by atoms with Crippen molar-refractivity contribution in [2.45, 2.75) is 20.8 Å². The monoisotopic (exact) mass is 219 g/mol. The first-order valence-electron chi connectivity index (χ1n) is 5.24. The van der Waals surface area contributed by atoms with Crippen LogP contribution >= 0.6 is 12.2 Å². The van der Waals surface area contributed by atoms with Gasteiger partial charge >= 0.3 is 0 Å². The first-order chi connectivity index (χ1) is 7.18. The van der Waals surface area contributed by atoms with Crippen LogP contribution in [0.3, 0.4) is 0 Å². The summed E-state index contributed by atoms with van der Waals surface area (Å²) >= 11 is 5.30. The normalized spacial score (nSPS) is 9.60. The molecule has 0 saturated heterocycles. The smallest absolute Gasteiger partial charge is 0.113 e. The Labute approximate surface area is 96.4 Å². The molecule has 1 aromatic heterocycles. The third-order valence-corrected chi connectivity index (χ3v) is 2.74. The molecule has 15 heavy (non-hydrogen) atoms. The molecule has 0 N–H and O–H groups in total. The van der Waals surface area contributed by atoms with Crippen LogP contribution in [0.5, 0.6) is 0 Å². The van der Waals surface area contributed by atoms with Crippen molar-refractivity contribution < 1.29 is 0 Å². The second-order valence-corrected chi connectivity index (χ2v) is 3.71. The summed E-state index contributed by atoms with van der Waals surface area (Å²) in [7, 11) is 1.97. The Balaban J connectivity index is 0.000000531. The highest BCUT2D eigenvalue weighted by atomic mass is 32.1. The first kappa shape index (κ1) is 11.9. The van der Waals surface area contributed by atoms with Gasteiger partial charge in [0.1, 0.15) is 4.64 Å². The van der Waals surface area contributed by atoms with Gasteiger partial charge in [0.2, 0.25) is 0 Å². The quantitative estimate of drug-likeness (QED) is 0.600. The molecule has 0 spiro atoms. The zero-order chi connectivity index (χ0) is 11.4. The molecule has 0 aliphatic heterocycles. The number of pyridine rings is 1. The van der Waals surface area contributed by atoms with Crippen LogP contribution in [0.1, 0.15) is 19.4 Å². The predicted molar refractivity (Wildman–Crippen MR) is 69.8 cm³/mol. The van der Waals surface area contributed by atoms with E-state index in [0.717, 1.165) is 10.0 Å². The molecular weight excluding hydrogens is 202 g/mol. The van der Waals surface area contributed by atoms with E-state index in [1.807, 2.05) is 31.7 Å². The van der Waals surface area contributed by atoms with Crippen LogP contribution in [0.4, 0.5) is 0 Å². The Hall–Kier alpha value is -1.15. The van der Waals surface area contributed by atoms with E-state index in [1.165, 1.54) is 10.9 Å². The van der Waals surface area contributed by atoms with Crippen molar-refractivity contribution in [2.75, 3.05) is 0 Å². The average Bonchev–Trinajstić information content (AvgIpc) is 2.26. The first-order valence-corrected chi connectivity index (χ1v) is 5.65. The van der Waals surface area contributed by atoms with Crippen LogP contribution in [0, 0.1) is 11.6 Å². The van der Waals surface area contributed by atoms with Gasteiger partial charge in [0.15, 0.2) is 0 Å². The molecule has 1 heterocycles. The van der Waals surface area contributed by atoms with Crippen molar-refractivity contribution in [3.05, 3.63) is 40.7 Å². The van der Waals surface area contributed by atoms with Gasteiger partial charge in [0, 0.05) is 18.6 Å². The maximum Gasteiger partial charge on any atom is 0.113 e. The van der Waals surface area contributed by atoms with E-state index in [9.17, 15) is 0 Å². The molecule has 0 aliphatic rings. The molecule has 1 nitrogen and oxygen atoms in total. The van der Waals surface area contributed by atoms with Gasteiger partial charge in [-0.05, 0) is 18.4 Å². The summed E-state index contributed by atoms with van der Waals surface area (Å²) in [4.78, 5) is 0. The molecule has 0 bridgehead atoms. The van der Waals surface area contributed by atoms with Crippen molar-refractivity contribution in [1.29, 1.82) is 0 Å². The number of fused-ring (bicyclic) bond motifs is 1. The van der Waals surface area contributed by atoms with Gasteiger partial charge in [-0.15, -0.1) is 0 Å². The molecule has 2 aromatic rings. The summed E-state index contributed by atoms with van der Waals surface area (Å²) in [6.07, 6.45) is 2.00. The van der Waals surface area contributed by atoms with Crippen molar-refractivity contribution >= 4 is 23.0 Å². The van der Waals surface area contributed by atoms with Crippen molar-refractivity contribution in [1.82, 2.24) is 4.57 Å². The van der Waals surface area contributed by atoms with E-state index in [1.54, 1.807) is 0 Å². The molecule has 0 saturated carbocycles. The van der Waals surface area contributed by atoms with E-state index in [2.05, 4.69) is 31.2 Å². The van der Waals surface area contributed by atoms with E-state index < -0.39 is 0 Å². The summed E-state index contributed by atoms with van der Waals surface area (Å²) in [5.74, 6) is 0. The molecular formula is C13H17NS. The fourth-order valence-corrected chi connectivity index (χ4v) is 1.71. The van der Waals surface area contributed by atoms with Crippen LogP contribution in [0.2, 0.25) is 0 Å². The number of hydrogen-bond acceptors (Lipinski definition) is 1. The summed E-state index contributed by atoms with van der Waals surface area (Å²) in [5.41, 5.74) is 1.27. The number of rotatable bonds is 0. The molecule has 80 valence electrons. The van der Waals surface area contributed by atoms with Gasteiger partial charge in [-0.1, -0.05) is 49.8 Å². The largest absolute Gasteiger partial charge is 0.342 e. The molecule has 0 radical (unpaired) electrons. The lowest BCUT2D eigenvalue weighted by atomic mass is 10.1. The zero-order valence-electron chi connectivity index (χ0n) is 9.74. The highest BCUT2D eigenvalue weighted by Crippen LogP contribution is 2.16. The lowest BCUT2D eigenvalue weighted by molar-refractivity contribution is 0.899. The standard InChI is InChI=1S/C11H11NS.C2H6/c1-8-3-4-10-9(7-8)5-6-12(2)11(10)13;1-2/h3-7H,1-2H3;1-2H3. The van der Waals surface area contributed by atoms with Crippen molar-refractivity contribution in [2.24, 2.45) is 7.05 Å². The fraction of sp³-hybridized carbons (Fsp3) is 0.308. The van der Waals surface area contributed by atoms with Gasteiger partial charge in [-0.3, -0.25) is 0 Å². The van der Waals surface area contributed by atoms with Gasteiger partial charge in [-0.25, -0.2) is 0 Å². The molecule has 0 fully saturated rings. The molecule has 2 rings (SSSR count). The van der Waals surface area contributed by atoms with Crippen molar-refractivity contribution in [3.63, 3.8) is 0 Å². The SMILES string of the molecule is CC.Cc1ccc2c(=S)n(C)ccc2c1. The minimum Gasteiger partial charge on any atom is -0.342 e. The lowest BCUT2D eigenvalue weighted by Crippen LogP contribution is -1.91. The Bertz CT molecular complexity index is 511. The molecule has 2 heteroatoms. The van der Waals surface area contributed by atoms with Gasteiger partial charge in [-0.2, -0.15) is 0 Å². The predicted octanol–water partition coefficient (Wildman–Crippen LogP) is 4.24. The average molecular weight is 219 g/mol. The van der Waals surface area contributed by atoms with Crippen LogP contribution in [0.25, 0.3) is 10.8 Å². The second-order valence-electron chi connectivity index (χ2n) is 3.32. The molecule has 0 amide bonds. The topological polar surface area (TPSA) is 4.93 Å². The fourth-order valence-electron chi connectivity index (χ4n) is 1.46. The number of aryl methyl sites for hydroxylation is 2. The Morgan fingerprint density at radius 2 is 1.80 bits per heavy atom. The van der Waals surface area contributed by atoms with E-state index >= 15 is 0 Å². The van der Waals surface area contributed by atoms with Gasteiger partial charge < -0.3 is 4.57 Å². The van der Waals surface area contributed by atoms with Crippen LogP contribution in [-0.4, -0.2) is 4.57 Å². The summed E-state index contributed by atoms with van der Waals surface area (Å²) < 4.78 is 2.87. The Morgan fingerprint density at radius 3 is 2.47 bits per heavy atom. The number of benzene rings is 1.